The normalized spacial score (nSPS) is 18.0. The molecule has 0 unspecified atom stereocenters. The fourth-order valence-electron chi connectivity index (χ4n) is 4.86. The summed E-state index contributed by atoms with van der Waals surface area (Å²) in [5.41, 5.74) is 6.01. The summed E-state index contributed by atoms with van der Waals surface area (Å²) in [6.07, 6.45) is 8.81. The highest BCUT2D eigenvalue weighted by Gasteiger charge is 2.36. The van der Waals surface area contributed by atoms with E-state index < -0.39 is 0 Å². The molecule has 1 aromatic carbocycles. The number of nitrogens with one attached hydrogen (secondary N) is 1. The largest absolute Gasteiger partial charge is 0.388 e. The van der Waals surface area contributed by atoms with Gasteiger partial charge in [-0.2, -0.15) is 0 Å². The average molecular weight is 452 g/mol. The van der Waals surface area contributed by atoms with Crippen LogP contribution in [0, 0.1) is 11.3 Å². The summed E-state index contributed by atoms with van der Waals surface area (Å²) in [4.78, 5) is 22.3. The first-order valence-corrected chi connectivity index (χ1v) is 12.7. The molecule has 0 atom stereocenters. The van der Waals surface area contributed by atoms with Crippen molar-refractivity contribution in [3.63, 3.8) is 0 Å². The number of fused-ring (bicyclic) bond motifs is 1. The van der Waals surface area contributed by atoms with Crippen LogP contribution in [-0.4, -0.2) is 29.3 Å². The van der Waals surface area contributed by atoms with E-state index in [1.165, 1.54) is 43.4 Å². The molecule has 1 aromatic rings. The lowest BCUT2D eigenvalue weighted by molar-refractivity contribution is -0.113. The minimum absolute atomic E-state index is 0.0383. The molecule has 0 radical (unpaired) electrons. The van der Waals surface area contributed by atoms with E-state index in [1.807, 2.05) is 14.0 Å². The Morgan fingerprint density at radius 2 is 2.00 bits per heavy atom. The van der Waals surface area contributed by atoms with Crippen LogP contribution in [0.1, 0.15) is 65.4 Å². The van der Waals surface area contributed by atoms with Crippen LogP contribution in [0.3, 0.4) is 0 Å². The van der Waals surface area contributed by atoms with Gasteiger partial charge in [-0.15, -0.1) is 11.8 Å². The Kier molecular flexibility index (Phi) is 8.16. The fourth-order valence-corrected chi connectivity index (χ4v) is 5.56. The monoisotopic (exact) mass is 451 g/mol. The molecule has 1 fully saturated rings. The van der Waals surface area contributed by atoms with Gasteiger partial charge in [-0.25, -0.2) is 4.99 Å². The average Bonchev–Trinajstić information content (AvgIpc) is 3.20. The number of allylic oxidation sites excluding steroid dienone is 3. The van der Waals surface area contributed by atoms with Crippen LogP contribution >= 0.6 is 11.8 Å². The van der Waals surface area contributed by atoms with Crippen molar-refractivity contribution in [1.29, 1.82) is 0 Å². The van der Waals surface area contributed by atoms with Gasteiger partial charge in [0.2, 0.25) is 0 Å². The molecule has 32 heavy (non-hydrogen) atoms. The van der Waals surface area contributed by atoms with Gasteiger partial charge in [0.1, 0.15) is 0 Å². The molecule has 1 aliphatic heterocycles. The third-order valence-electron chi connectivity index (χ3n) is 6.83. The van der Waals surface area contributed by atoms with Gasteiger partial charge in [-0.3, -0.25) is 9.79 Å². The maximum Gasteiger partial charge on any atom is 0.161 e. The summed E-state index contributed by atoms with van der Waals surface area (Å²) in [6.45, 7) is 12.1. The van der Waals surface area contributed by atoms with Crippen molar-refractivity contribution in [2.75, 3.05) is 18.1 Å². The first-order valence-electron chi connectivity index (χ1n) is 11.7. The lowest BCUT2D eigenvalue weighted by Gasteiger charge is -2.38. The second-order valence-corrected chi connectivity index (χ2v) is 10.6. The first-order chi connectivity index (χ1) is 15.3. The van der Waals surface area contributed by atoms with E-state index in [1.54, 1.807) is 24.8 Å². The van der Waals surface area contributed by atoms with Gasteiger partial charge in [-0.05, 0) is 56.4 Å². The van der Waals surface area contributed by atoms with Crippen LogP contribution in [-0.2, 0) is 11.2 Å². The number of ketones is 1. The molecular weight excluding hydrogens is 414 g/mol. The molecule has 0 aromatic heterocycles. The third kappa shape index (κ3) is 5.61. The van der Waals surface area contributed by atoms with Crippen molar-refractivity contribution in [1.82, 2.24) is 0 Å². The van der Waals surface area contributed by atoms with E-state index >= 15 is 0 Å². The Labute approximate surface area is 197 Å². The number of rotatable bonds is 8. The van der Waals surface area contributed by atoms with E-state index in [0.717, 1.165) is 34.3 Å². The first kappa shape index (κ1) is 24.5. The Morgan fingerprint density at radius 1 is 1.28 bits per heavy atom. The molecule has 3 rings (SSSR count). The van der Waals surface area contributed by atoms with Crippen molar-refractivity contribution in [2.45, 2.75) is 66.2 Å². The number of benzene rings is 1. The van der Waals surface area contributed by atoms with E-state index in [9.17, 15) is 4.79 Å². The van der Waals surface area contributed by atoms with Crippen LogP contribution in [0.4, 0.5) is 11.4 Å². The minimum atomic E-state index is -0.165. The molecule has 1 saturated carbocycles. The molecule has 1 heterocycles. The van der Waals surface area contributed by atoms with Gasteiger partial charge in [-0.1, -0.05) is 45.8 Å². The summed E-state index contributed by atoms with van der Waals surface area (Å²) in [5, 5.41) is 4.16. The van der Waals surface area contributed by atoms with Crippen LogP contribution in [0.2, 0.25) is 0 Å². The van der Waals surface area contributed by atoms with Gasteiger partial charge in [0, 0.05) is 41.6 Å². The Bertz CT molecular complexity index is 965. The highest BCUT2D eigenvalue weighted by molar-refractivity contribution is 8.14. The predicted octanol–water partition coefficient (Wildman–Crippen LogP) is 7.14. The molecule has 0 bridgehead atoms. The summed E-state index contributed by atoms with van der Waals surface area (Å²) in [5.74, 6) is 1.38. The van der Waals surface area contributed by atoms with Crippen LogP contribution in [0.15, 0.2) is 52.1 Å². The highest BCUT2D eigenvalue weighted by atomic mass is 32.2. The number of carbonyl (C=O) groups is 1. The topological polar surface area (TPSA) is 53.8 Å². The van der Waals surface area contributed by atoms with Crippen molar-refractivity contribution in [2.24, 2.45) is 21.3 Å². The smallest absolute Gasteiger partial charge is 0.161 e. The number of hydrogen-bond acceptors (Lipinski definition) is 5. The molecule has 1 aliphatic carbocycles. The third-order valence-corrected chi connectivity index (χ3v) is 7.82. The molecule has 1 N–H and O–H groups in total. The number of thioether (sulfide) groups is 1. The van der Waals surface area contributed by atoms with Gasteiger partial charge >= 0.3 is 0 Å². The zero-order valence-corrected chi connectivity index (χ0v) is 21.1. The summed E-state index contributed by atoms with van der Waals surface area (Å²) in [7, 11) is 1.94. The van der Waals surface area contributed by atoms with Crippen molar-refractivity contribution < 1.29 is 4.79 Å². The SMILES string of the molecule is C=C/C(C(C)=O)=C(/N=C(C)SCC1=Nc2ccc(NC)cc2C1)C(C)(C)C1CCCCC1. The zero-order chi connectivity index (χ0) is 23.3. The number of hydrogen-bond donors (Lipinski definition) is 1. The predicted molar refractivity (Wildman–Crippen MR) is 141 cm³/mol. The minimum Gasteiger partial charge on any atom is -0.388 e. The van der Waals surface area contributed by atoms with Gasteiger partial charge in [0.05, 0.1) is 16.4 Å². The van der Waals surface area contributed by atoms with E-state index in [4.69, 9.17) is 9.98 Å². The lowest BCUT2D eigenvalue weighted by Crippen LogP contribution is -2.29. The zero-order valence-electron chi connectivity index (χ0n) is 20.3. The van der Waals surface area contributed by atoms with E-state index in [2.05, 4.69) is 43.9 Å². The molecule has 0 spiro atoms. The standard InChI is InChI=1S/C27H37N3OS/c1-7-24(18(2)31)26(27(4,5)21-11-9-8-10-12-21)29-19(3)32-17-23-16-20-15-22(28-6)13-14-25(20)30-23/h7,13-15,21,28H,1,8-12,16-17H2,2-6H3/b26-24-,29-19?. The number of nitrogens with zero attached hydrogens (tertiary/aromatic N) is 2. The molecule has 0 saturated heterocycles. The van der Waals surface area contributed by atoms with Crippen LogP contribution in [0.5, 0.6) is 0 Å². The van der Waals surface area contributed by atoms with E-state index in [0.29, 0.717) is 11.5 Å². The number of carbonyl (C=O) groups excluding carboxylic acids is 1. The second kappa shape index (κ2) is 10.7. The van der Waals surface area contributed by atoms with Crippen LogP contribution in [0.25, 0.3) is 0 Å². The van der Waals surface area contributed by atoms with Crippen molar-refractivity contribution in [3.05, 3.63) is 47.7 Å². The van der Waals surface area contributed by atoms with Crippen molar-refractivity contribution >= 4 is 39.7 Å². The fraction of sp³-hybridized carbons (Fsp3) is 0.519. The molecular formula is C27H37N3OS. The van der Waals surface area contributed by atoms with E-state index in [-0.39, 0.29) is 11.2 Å². The second-order valence-electron chi connectivity index (χ2n) is 9.45. The number of aliphatic imine (C=N–C) groups is 2. The molecule has 172 valence electrons. The van der Waals surface area contributed by atoms with Gasteiger partial charge < -0.3 is 5.32 Å². The molecule has 5 heteroatoms. The van der Waals surface area contributed by atoms with Gasteiger partial charge in [0.25, 0.3) is 0 Å². The Morgan fingerprint density at radius 3 is 2.62 bits per heavy atom. The quantitative estimate of drug-likeness (QED) is 0.198. The molecule has 4 nitrogen and oxygen atoms in total. The lowest BCUT2D eigenvalue weighted by atomic mass is 9.68. The summed E-state index contributed by atoms with van der Waals surface area (Å²) in [6, 6.07) is 6.32. The molecule has 0 amide bonds. The van der Waals surface area contributed by atoms with Gasteiger partial charge in [0.15, 0.2) is 5.78 Å². The Hall–Kier alpha value is -2.14. The number of Topliss-reactive ketones (excluding diaryl/α,β-unsaturated/α-hetero) is 1. The number of anilines is 1. The summed E-state index contributed by atoms with van der Waals surface area (Å²) < 4.78 is 0. The maximum absolute atomic E-state index is 12.4. The molecule has 2 aliphatic rings. The summed E-state index contributed by atoms with van der Waals surface area (Å²) >= 11 is 1.71. The highest BCUT2D eigenvalue weighted by Crippen LogP contribution is 2.45. The van der Waals surface area contributed by atoms with Crippen LogP contribution < -0.4 is 5.32 Å². The van der Waals surface area contributed by atoms with Crippen molar-refractivity contribution in [3.8, 4) is 0 Å². The maximum atomic E-state index is 12.4. The Balaban J connectivity index is 1.78.